The van der Waals surface area contributed by atoms with Crippen LogP contribution in [0.2, 0.25) is 5.02 Å². The topological polar surface area (TPSA) is 50.4 Å². The van der Waals surface area contributed by atoms with Gasteiger partial charge in [-0.1, -0.05) is 23.7 Å². The van der Waals surface area contributed by atoms with E-state index in [9.17, 15) is 4.79 Å². The lowest BCUT2D eigenvalue weighted by Gasteiger charge is -2.38. The molecule has 0 spiro atoms. The van der Waals surface area contributed by atoms with Gasteiger partial charge in [0, 0.05) is 36.7 Å². The van der Waals surface area contributed by atoms with Crippen LogP contribution in [0.25, 0.3) is 0 Å². The van der Waals surface area contributed by atoms with E-state index >= 15 is 0 Å². The van der Waals surface area contributed by atoms with Crippen LogP contribution in [0.5, 0.6) is 0 Å². The minimum absolute atomic E-state index is 0.0646. The van der Waals surface area contributed by atoms with Crippen LogP contribution in [0, 0.1) is 5.92 Å². The lowest BCUT2D eigenvalue weighted by Crippen LogP contribution is -2.46. The van der Waals surface area contributed by atoms with Gasteiger partial charge in [0.2, 0.25) is 5.91 Å². The summed E-state index contributed by atoms with van der Waals surface area (Å²) in [6.45, 7) is 3.84. The molecule has 0 aromatic heterocycles. The van der Waals surface area contributed by atoms with Crippen molar-refractivity contribution in [1.82, 2.24) is 10.6 Å². The first kappa shape index (κ1) is 15.8. The van der Waals surface area contributed by atoms with Crippen molar-refractivity contribution in [3.8, 4) is 0 Å². The number of hydrogen-bond acceptors (Lipinski definition) is 3. The van der Waals surface area contributed by atoms with E-state index in [1.807, 2.05) is 18.2 Å². The van der Waals surface area contributed by atoms with Crippen LogP contribution >= 0.6 is 11.6 Å². The first-order chi connectivity index (χ1) is 10.7. The third-order valence-corrected chi connectivity index (χ3v) is 5.15. The van der Waals surface area contributed by atoms with Gasteiger partial charge in [-0.2, -0.15) is 0 Å². The summed E-state index contributed by atoms with van der Waals surface area (Å²) in [5, 5.41) is 7.16. The van der Waals surface area contributed by atoms with Gasteiger partial charge in [0.15, 0.2) is 0 Å². The molecule has 120 valence electrons. The van der Waals surface area contributed by atoms with E-state index in [2.05, 4.69) is 16.7 Å². The lowest BCUT2D eigenvalue weighted by atomic mass is 9.74. The first-order valence-corrected chi connectivity index (χ1v) is 8.40. The van der Waals surface area contributed by atoms with Gasteiger partial charge in [-0.15, -0.1) is 0 Å². The minimum Gasteiger partial charge on any atom is -0.381 e. The summed E-state index contributed by atoms with van der Waals surface area (Å²) in [5.74, 6) is 0.272. The molecule has 22 heavy (non-hydrogen) atoms. The molecule has 4 nitrogen and oxygen atoms in total. The monoisotopic (exact) mass is 322 g/mol. The maximum atomic E-state index is 12.3. The van der Waals surface area contributed by atoms with E-state index in [4.69, 9.17) is 16.3 Å². The fourth-order valence-corrected chi connectivity index (χ4v) is 3.62. The maximum Gasteiger partial charge on any atom is 0.224 e. The predicted molar refractivity (Wildman–Crippen MR) is 87.2 cm³/mol. The van der Waals surface area contributed by atoms with Crippen molar-refractivity contribution < 1.29 is 9.53 Å². The van der Waals surface area contributed by atoms with Crippen LogP contribution in [0.3, 0.4) is 0 Å². The largest absolute Gasteiger partial charge is 0.381 e. The van der Waals surface area contributed by atoms with Crippen molar-refractivity contribution in [2.24, 2.45) is 5.92 Å². The van der Waals surface area contributed by atoms with Crippen molar-refractivity contribution in [2.45, 2.75) is 24.7 Å². The van der Waals surface area contributed by atoms with E-state index in [0.717, 1.165) is 50.6 Å². The first-order valence-electron chi connectivity index (χ1n) is 8.02. The lowest BCUT2D eigenvalue weighted by molar-refractivity contribution is -0.124. The van der Waals surface area contributed by atoms with E-state index in [0.29, 0.717) is 6.54 Å². The number of benzene rings is 1. The van der Waals surface area contributed by atoms with Gasteiger partial charge in [0.1, 0.15) is 0 Å². The average molecular weight is 323 g/mol. The van der Waals surface area contributed by atoms with Gasteiger partial charge in [0.05, 0.1) is 5.92 Å². The average Bonchev–Trinajstić information content (AvgIpc) is 3.08. The van der Waals surface area contributed by atoms with E-state index in [1.165, 1.54) is 5.56 Å². The van der Waals surface area contributed by atoms with Crippen molar-refractivity contribution in [2.75, 3.05) is 32.8 Å². The molecule has 2 aliphatic rings. The Kier molecular flexibility index (Phi) is 5.01. The highest BCUT2D eigenvalue weighted by Gasteiger charge is 2.35. The quantitative estimate of drug-likeness (QED) is 0.892. The maximum absolute atomic E-state index is 12.3. The van der Waals surface area contributed by atoms with Crippen LogP contribution in [0.4, 0.5) is 0 Å². The molecule has 1 amide bonds. The van der Waals surface area contributed by atoms with Crippen molar-refractivity contribution in [3.05, 3.63) is 34.9 Å². The third kappa shape index (κ3) is 3.45. The van der Waals surface area contributed by atoms with Gasteiger partial charge in [-0.3, -0.25) is 4.79 Å². The number of amides is 1. The zero-order chi connectivity index (χ0) is 15.4. The molecule has 2 saturated heterocycles. The smallest absolute Gasteiger partial charge is 0.224 e. The fraction of sp³-hybridized carbons (Fsp3) is 0.588. The molecule has 0 saturated carbocycles. The molecule has 2 fully saturated rings. The molecule has 2 N–H and O–H groups in total. The Morgan fingerprint density at radius 1 is 1.41 bits per heavy atom. The highest BCUT2D eigenvalue weighted by atomic mass is 35.5. The summed E-state index contributed by atoms with van der Waals surface area (Å²) >= 11 is 6.17. The van der Waals surface area contributed by atoms with Gasteiger partial charge in [-0.25, -0.2) is 0 Å². The number of hydrogen-bond donors (Lipinski definition) is 2. The molecule has 1 aromatic carbocycles. The second-order valence-electron chi connectivity index (χ2n) is 6.31. The van der Waals surface area contributed by atoms with Gasteiger partial charge in [-0.05, 0) is 43.5 Å². The van der Waals surface area contributed by atoms with Crippen molar-refractivity contribution in [1.29, 1.82) is 0 Å². The Labute approximate surface area is 136 Å². The van der Waals surface area contributed by atoms with E-state index < -0.39 is 0 Å². The molecule has 5 heteroatoms. The molecule has 3 rings (SSSR count). The summed E-state index contributed by atoms with van der Waals surface area (Å²) in [7, 11) is 0. The Morgan fingerprint density at radius 3 is 2.91 bits per heavy atom. The molecule has 1 unspecified atom stereocenters. The third-order valence-electron chi connectivity index (χ3n) is 4.92. The van der Waals surface area contributed by atoms with Gasteiger partial charge >= 0.3 is 0 Å². The van der Waals surface area contributed by atoms with Crippen LogP contribution in [-0.2, 0) is 14.9 Å². The van der Waals surface area contributed by atoms with Crippen LogP contribution in [0.1, 0.15) is 24.8 Å². The minimum atomic E-state index is -0.0646. The molecular weight excluding hydrogens is 300 g/mol. The molecule has 1 atom stereocenters. The van der Waals surface area contributed by atoms with Crippen LogP contribution < -0.4 is 10.6 Å². The molecule has 0 radical (unpaired) electrons. The van der Waals surface area contributed by atoms with Crippen molar-refractivity contribution in [3.63, 3.8) is 0 Å². The summed E-state index contributed by atoms with van der Waals surface area (Å²) in [5.41, 5.74) is 1.14. The van der Waals surface area contributed by atoms with Crippen LogP contribution in [0.15, 0.2) is 24.3 Å². The summed E-state index contributed by atoms with van der Waals surface area (Å²) in [6, 6.07) is 8.01. The van der Waals surface area contributed by atoms with Crippen molar-refractivity contribution >= 4 is 17.5 Å². The number of rotatable bonds is 4. The molecule has 0 bridgehead atoms. The summed E-state index contributed by atoms with van der Waals surface area (Å²) < 4.78 is 5.53. The van der Waals surface area contributed by atoms with Gasteiger partial charge in [0.25, 0.3) is 0 Å². The number of ether oxygens (including phenoxy) is 1. The number of carbonyl (C=O) groups is 1. The predicted octanol–water partition coefficient (Wildman–Crippen LogP) is 2.11. The number of halogens is 1. The SMILES string of the molecule is O=C(NCC1(c2cccc(Cl)c2)CCOCC1)C1CCNC1. The highest BCUT2D eigenvalue weighted by molar-refractivity contribution is 6.30. The van der Waals surface area contributed by atoms with Crippen LogP contribution in [-0.4, -0.2) is 38.8 Å². The molecule has 0 aliphatic carbocycles. The Morgan fingerprint density at radius 2 is 2.23 bits per heavy atom. The molecular formula is C17H23ClN2O2. The number of carbonyl (C=O) groups excluding carboxylic acids is 1. The van der Waals surface area contributed by atoms with E-state index in [-0.39, 0.29) is 17.2 Å². The van der Waals surface area contributed by atoms with E-state index in [1.54, 1.807) is 0 Å². The second-order valence-corrected chi connectivity index (χ2v) is 6.75. The number of nitrogens with one attached hydrogen (secondary N) is 2. The molecule has 1 aromatic rings. The Balaban J connectivity index is 1.73. The zero-order valence-electron chi connectivity index (χ0n) is 12.7. The van der Waals surface area contributed by atoms with Gasteiger partial charge < -0.3 is 15.4 Å². The standard InChI is InChI=1S/C17H23ClN2O2/c18-15-3-1-2-14(10-15)17(5-8-22-9-6-17)12-20-16(21)13-4-7-19-11-13/h1-3,10,13,19H,4-9,11-12H2,(H,20,21). The normalized spacial score (nSPS) is 24.1. The molecule has 2 aliphatic heterocycles. The summed E-state index contributed by atoms with van der Waals surface area (Å²) in [6.07, 6.45) is 2.76. The Hall–Kier alpha value is -1.10. The fourth-order valence-electron chi connectivity index (χ4n) is 3.43. The Bertz CT molecular complexity index is 523. The molecule has 2 heterocycles. The summed E-state index contributed by atoms with van der Waals surface area (Å²) in [4.78, 5) is 12.3. The second kappa shape index (κ2) is 6.99. The zero-order valence-corrected chi connectivity index (χ0v) is 13.5. The highest BCUT2D eigenvalue weighted by Crippen LogP contribution is 2.35.